The summed E-state index contributed by atoms with van der Waals surface area (Å²) < 4.78 is 4.88. The van der Waals surface area contributed by atoms with E-state index in [2.05, 4.69) is 23.8 Å². The maximum absolute atomic E-state index is 11.4. The minimum Gasteiger partial charge on any atom is -0.445 e. The Morgan fingerprint density at radius 1 is 1.61 bits per heavy atom. The van der Waals surface area contributed by atoms with Crippen LogP contribution in [0.1, 0.15) is 12.0 Å². The fraction of sp³-hybridized carbons (Fsp3) is 0.357. The van der Waals surface area contributed by atoms with Crippen molar-refractivity contribution >= 4 is 17.5 Å². The summed E-state index contributed by atoms with van der Waals surface area (Å²) in [5.74, 6) is 0. The van der Waals surface area contributed by atoms with Crippen molar-refractivity contribution in [2.45, 2.75) is 12.8 Å². The van der Waals surface area contributed by atoms with Gasteiger partial charge in [-0.15, -0.1) is 0 Å². The second kappa shape index (κ2) is 5.58. The van der Waals surface area contributed by atoms with Crippen LogP contribution in [0.25, 0.3) is 0 Å². The van der Waals surface area contributed by atoms with Gasteiger partial charge in [0, 0.05) is 25.0 Å². The molecule has 1 amide bonds. The number of benzene rings is 1. The van der Waals surface area contributed by atoms with Gasteiger partial charge in [-0.25, -0.2) is 4.79 Å². The van der Waals surface area contributed by atoms with Gasteiger partial charge < -0.3 is 9.64 Å². The van der Waals surface area contributed by atoms with Gasteiger partial charge in [-0.3, -0.25) is 5.32 Å². The van der Waals surface area contributed by atoms with E-state index in [1.54, 1.807) is 6.08 Å². The highest BCUT2D eigenvalue weighted by Crippen LogP contribution is 2.28. The molecule has 2 rings (SSSR count). The Bertz CT molecular complexity index is 457. The molecule has 0 aromatic heterocycles. The molecule has 0 spiro atoms. The lowest BCUT2D eigenvalue weighted by atomic mass is 10.0. The lowest BCUT2D eigenvalue weighted by molar-refractivity contribution is 0.174. The van der Waals surface area contributed by atoms with E-state index in [9.17, 15) is 4.79 Å². The van der Waals surface area contributed by atoms with Crippen LogP contribution in [-0.4, -0.2) is 26.3 Å². The number of carbonyl (C=O) groups excluding carboxylic acids is 1. The molecule has 1 aromatic carbocycles. The number of amides is 1. The van der Waals surface area contributed by atoms with Crippen LogP contribution in [0.4, 0.5) is 16.2 Å². The standard InChI is InChI=1S/C14H18N2O2/c1-3-9-18-14(17)15-12-6-7-13-11(10-12)5-4-8-16(13)2/h3,6-7,10H,1,4-5,8-9H2,2H3,(H,15,17). The maximum atomic E-state index is 11.4. The third kappa shape index (κ3) is 2.83. The fourth-order valence-corrected chi connectivity index (χ4v) is 2.15. The second-order valence-corrected chi connectivity index (χ2v) is 4.38. The van der Waals surface area contributed by atoms with Crippen LogP contribution in [0.5, 0.6) is 0 Å². The van der Waals surface area contributed by atoms with E-state index in [-0.39, 0.29) is 6.61 Å². The second-order valence-electron chi connectivity index (χ2n) is 4.38. The van der Waals surface area contributed by atoms with Crippen molar-refractivity contribution < 1.29 is 9.53 Å². The van der Waals surface area contributed by atoms with Crippen LogP contribution < -0.4 is 10.2 Å². The molecule has 0 fully saturated rings. The summed E-state index contributed by atoms with van der Waals surface area (Å²) >= 11 is 0. The normalized spacial score (nSPS) is 13.7. The number of ether oxygens (including phenoxy) is 1. The van der Waals surface area contributed by atoms with E-state index in [1.807, 2.05) is 18.2 Å². The van der Waals surface area contributed by atoms with E-state index < -0.39 is 6.09 Å². The molecule has 1 N–H and O–H groups in total. The first-order valence-corrected chi connectivity index (χ1v) is 6.09. The first-order chi connectivity index (χ1) is 8.70. The summed E-state index contributed by atoms with van der Waals surface area (Å²) in [4.78, 5) is 13.6. The molecule has 0 aliphatic carbocycles. The van der Waals surface area contributed by atoms with Crippen molar-refractivity contribution in [3.05, 3.63) is 36.4 Å². The molecule has 4 heteroatoms. The summed E-state index contributed by atoms with van der Waals surface area (Å²) in [5.41, 5.74) is 3.29. The minimum absolute atomic E-state index is 0.222. The molecule has 1 aliphatic heterocycles. The first kappa shape index (κ1) is 12.5. The summed E-state index contributed by atoms with van der Waals surface area (Å²) in [6.45, 7) is 4.80. The molecule has 0 unspecified atom stereocenters. The number of nitrogens with one attached hydrogen (secondary N) is 1. The molecule has 4 nitrogen and oxygen atoms in total. The Balaban J connectivity index is 2.06. The highest BCUT2D eigenvalue weighted by atomic mass is 16.5. The van der Waals surface area contributed by atoms with Gasteiger partial charge in [0.2, 0.25) is 0 Å². The van der Waals surface area contributed by atoms with E-state index in [4.69, 9.17) is 4.74 Å². The lowest BCUT2D eigenvalue weighted by Crippen LogP contribution is -2.24. The molecule has 0 radical (unpaired) electrons. The molecule has 18 heavy (non-hydrogen) atoms. The van der Waals surface area contributed by atoms with Gasteiger partial charge >= 0.3 is 6.09 Å². The third-order valence-corrected chi connectivity index (χ3v) is 3.01. The van der Waals surface area contributed by atoms with Gasteiger partial charge in [0.1, 0.15) is 6.61 Å². The van der Waals surface area contributed by atoms with Crippen LogP contribution in [-0.2, 0) is 11.2 Å². The van der Waals surface area contributed by atoms with Crippen molar-refractivity contribution in [1.29, 1.82) is 0 Å². The molecule has 1 aliphatic rings. The fourth-order valence-electron chi connectivity index (χ4n) is 2.15. The molecule has 1 aromatic rings. The predicted octanol–water partition coefficient (Wildman–Crippen LogP) is 2.80. The number of carbonyl (C=O) groups is 1. The van der Waals surface area contributed by atoms with E-state index >= 15 is 0 Å². The molecule has 0 bridgehead atoms. The smallest absolute Gasteiger partial charge is 0.411 e. The van der Waals surface area contributed by atoms with E-state index in [0.29, 0.717) is 0 Å². The van der Waals surface area contributed by atoms with E-state index in [1.165, 1.54) is 11.3 Å². The van der Waals surface area contributed by atoms with Crippen LogP contribution in [0.3, 0.4) is 0 Å². The minimum atomic E-state index is -0.445. The van der Waals surface area contributed by atoms with Gasteiger partial charge in [0.15, 0.2) is 0 Å². The average molecular weight is 246 g/mol. The highest BCUT2D eigenvalue weighted by molar-refractivity contribution is 5.85. The topological polar surface area (TPSA) is 41.6 Å². The van der Waals surface area contributed by atoms with Crippen LogP contribution in [0.15, 0.2) is 30.9 Å². The Labute approximate surface area is 107 Å². The van der Waals surface area contributed by atoms with Crippen LogP contribution >= 0.6 is 0 Å². The number of fused-ring (bicyclic) bond motifs is 1. The highest BCUT2D eigenvalue weighted by Gasteiger charge is 2.14. The van der Waals surface area contributed by atoms with Gasteiger partial charge in [-0.1, -0.05) is 12.7 Å². The summed E-state index contributed by atoms with van der Waals surface area (Å²) in [5, 5.41) is 2.71. The van der Waals surface area contributed by atoms with Crippen LogP contribution in [0, 0.1) is 0 Å². The SMILES string of the molecule is C=CCOC(=O)Nc1ccc2c(c1)CCCN2C. The summed E-state index contributed by atoms with van der Waals surface area (Å²) in [6, 6.07) is 5.95. The molecule has 96 valence electrons. The number of nitrogens with zero attached hydrogens (tertiary/aromatic N) is 1. The Kier molecular flexibility index (Phi) is 3.87. The predicted molar refractivity (Wildman–Crippen MR) is 73.2 cm³/mol. The largest absolute Gasteiger partial charge is 0.445 e. The monoisotopic (exact) mass is 246 g/mol. The number of rotatable bonds is 3. The van der Waals surface area contributed by atoms with Crippen molar-refractivity contribution in [2.24, 2.45) is 0 Å². The Morgan fingerprint density at radius 3 is 3.22 bits per heavy atom. The quantitative estimate of drug-likeness (QED) is 0.834. The third-order valence-electron chi connectivity index (χ3n) is 3.01. The lowest BCUT2D eigenvalue weighted by Gasteiger charge is -2.27. The molecular formula is C14H18N2O2. The Morgan fingerprint density at radius 2 is 2.44 bits per heavy atom. The molecular weight excluding hydrogens is 228 g/mol. The number of hydrogen-bond acceptors (Lipinski definition) is 3. The van der Waals surface area contributed by atoms with Crippen molar-refractivity contribution in [2.75, 3.05) is 30.4 Å². The average Bonchev–Trinajstić information content (AvgIpc) is 2.36. The number of hydrogen-bond donors (Lipinski definition) is 1. The molecule has 0 saturated carbocycles. The molecule has 0 saturated heterocycles. The van der Waals surface area contributed by atoms with Crippen molar-refractivity contribution in [1.82, 2.24) is 0 Å². The Hall–Kier alpha value is -1.97. The van der Waals surface area contributed by atoms with Gasteiger partial charge in [-0.2, -0.15) is 0 Å². The molecule has 1 heterocycles. The van der Waals surface area contributed by atoms with Crippen molar-refractivity contribution in [3.8, 4) is 0 Å². The molecule has 0 atom stereocenters. The zero-order valence-corrected chi connectivity index (χ0v) is 10.6. The first-order valence-electron chi connectivity index (χ1n) is 6.09. The zero-order valence-electron chi connectivity index (χ0n) is 10.6. The maximum Gasteiger partial charge on any atom is 0.411 e. The van der Waals surface area contributed by atoms with Crippen molar-refractivity contribution in [3.63, 3.8) is 0 Å². The zero-order chi connectivity index (χ0) is 13.0. The summed E-state index contributed by atoms with van der Waals surface area (Å²) in [6.07, 6.45) is 3.30. The van der Waals surface area contributed by atoms with Gasteiger partial charge in [-0.05, 0) is 36.6 Å². The number of aryl methyl sites for hydroxylation is 1. The van der Waals surface area contributed by atoms with Gasteiger partial charge in [0.05, 0.1) is 0 Å². The number of anilines is 2. The summed E-state index contributed by atoms with van der Waals surface area (Å²) in [7, 11) is 2.09. The van der Waals surface area contributed by atoms with Gasteiger partial charge in [0.25, 0.3) is 0 Å². The van der Waals surface area contributed by atoms with Crippen LogP contribution in [0.2, 0.25) is 0 Å². The van der Waals surface area contributed by atoms with E-state index in [0.717, 1.165) is 25.1 Å².